The van der Waals surface area contributed by atoms with Crippen LogP contribution in [0.1, 0.15) is 25.2 Å². The molecule has 0 bridgehead atoms. The molecule has 1 aromatic heterocycles. The van der Waals surface area contributed by atoms with Crippen LogP contribution in [0.5, 0.6) is 5.75 Å². The minimum Gasteiger partial charge on any atom is -0.485 e. The van der Waals surface area contributed by atoms with Crippen molar-refractivity contribution in [3.05, 3.63) is 11.4 Å². The third kappa shape index (κ3) is 2.50. The van der Waals surface area contributed by atoms with Crippen molar-refractivity contribution in [2.24, 2.45) is 18.7 Å². The van der Waals surface area contributed by atoms with E-state index in [9.17, 15) is 0 Å². The molecule has 0 amide bonds. The molecule has 1 rings (SSSR count). The number of nitrogens with two attached hydrogens (primary N) is 1. The van der Waals surface area contributed by atoms with E-state index in [-0.39, 0.29) is 6.10 Å². The average Bonchev–Trinajstić information content (AvgIpc) is 2.39. The maximum absolute atomic E-state index is 5.90. The summed E-state index contributed by atoms with van der Waals surface area (Å²) in [7, 11) is 1.92. The monoisotopic (exact) mass is 211 g/mol. The summed E-state index contributed by atoms with van der Waals surface area (Å²) in [5.41, 5.74) is 7.65. The summed E-state index contributed by atoms with van der Waals surface area (Å²) in [6, 6.07) is 0. The number of nitrogens with zero attached hydrogens (tertiary/aromatic N) is 2. The van der Waals surface area contributed by atoms with Crippen molar-refractivity contribution in [3.8, 4) is 5.75 Å². The van der Waals surface area contributed by atoms with Gasteiger partial charge >= 0.3 is 0 Å². The zero-order chi connectivity index (χ0) is 11.6. The molecular formula is C11H21N3O. The topological polar surface area (TPSA) is 53.1 Å². The van der Waals surface area contributed by atoms with Crippen LogP contribution in [0.2, 0.25) is 0 Å². The van der Waals surface area contributed by atoms with Crippen LogP contribution in [-0.4, -0.2) is 22.4 Å². The lowest BCUT2D eigenvalue weighted by Crippen LogP contribution is -2.32. The summed E-state index contributed by atoms with van der Waals surface area (Å²) in [5.74, 6) is 1.29. The average molecular weight is 211 g/mol. The van der Waals surface area contributed by atoms with Crippen LogP contribution >= 0.6 is 0 Å². The first-order valence-corrected chi connectivity index (χ1v) is 5.34. The highest BCUT2D eigenvalue weighted by molar-refractivity contribution is 5.32. The fourth-order valence-electron chi connectivity index (χ4n) is 1.53. The number of aryl methyl sites for hydroxylation is 2. The molecule has 0 fully saturated rings. The lowest BCUT2D eigenvalue weighted by atomic mass is 10.1. The zero-order valence-electron chi connectivity index (χ0n) is 10.2. The predicted octanol–water partition coefficient (Wildman–Crippen LogP) is 1.40. The first-order valence-electron chi connectivity index (χ1n) is 5.34. The second-order valence-electron chi connectivity index (χ2n) is 4.26. The fraction of sp³-hybridized carbons (Fsp3) is 0.727. The molecule has 4 heteroatoms. The number of hydrogen-bond donors (Lipinski definition) is 1. The highest BCUT2D eigenvalue weighted by atomic mass is 16.5. The molecular weight excluding hydrogens is 190 g/mol. The Balaban J connectivity index is 2.88. The number of ether oxygens (including phenoxy) is 1. The minimum absolute atomic E-state index is 0.0617. The van der Waals surface area contributed by atoms with Gasteiger partial charge in [-0.1, -0.05) is 13.8 Å². The van der Waals surface area contributed by atoms with Crippen LogP contribution in [0.3, 0.4) is 0 Å². The van der Waals surface area contributed by atoms with Crippen LogP contribution < -0.4 is 10.5 Å². The van der Waals surface area contributed by atoms with Gasteiger partial charge < -0.3 is 10.5 Å². The van der Waals surface area contributed by atoms with E-state index in [1.165, 1.54) is 0 Å². The molecule has 0 aromatic carbocycles. The molecule has 0 saturated carbocycles. The van der Waals surface area contributed by atoms with E-state index in [1.807, 2.05) is 25.6 Å². The Hall–Kier alpha value is -1.03. The first kappa shape index (κ1) is 12.0. The summed E-state index contributed by atoms with van der Waals surface area (Å²) < 4.78 is 7.73. The maximum atomic E-state index is 5.90. The van der Waals surface area contributed by atoms with Crippen molar-refractivity contribution in [1.82, 2.24) is 9.78 Å². The molecule has 86 valence electrons. The van der Waals surface area contributed by atoms with Crippen LogP contribution in [0.4, 0.5) is 0 Å². The normalized spacial score (nSPS) is 13.3. The van der Waals surface area contributed by atoms with Gasteiger partial charge in [0.05, 0.1) is 5.69 Å². The van der Waals surface area contributed by atoms with E-state index in [0.29, 0.717) is 12.5 Å². The molecule has 0 radical (unpaired) electrons. The Kier molecular flexibility index (Phi) is 3.74. The van der Waals surface area contributed by atoms with E-state index < -0.39 is 0 Å². The third-order valence-electron chi connectivity index (χ3n) is 2.69. The van der Waals surface area contributed by atoms with E-state index in [4.69, 9.17) is 10.5 Å². The molecule has 0 aliphatic heterocycles. The number of hydrogen-bond acceptors (Lipinski definition) is 3. The first-order chi connectivity index (χ1) is 6.97. The predicted molar refractivity (Wildman–Crippen MR) is 61.0 cm³/mol. The Morgan fingerprint density at radius 1 is 1.40 bits per heavy atom. The molecule has 2 N–H and O–H groups in total. The lowest BCUT2D eigenvalue weighted by Gasteiger charge is -2.20. The van der Waals surface area contributed by atoms with Crippen LogP contribution in [0, 0.1) is 19.8 Å². The standard InChI is InChI=1S/C11H21N3O/c1-7(2)10(6-12)15-11-8(3)13-14(5)9(11)4/h7,10H,6,12H2,1-5H3. The largest absolute Gasteiger partial charge is 0.485 e. The molecule has 0 aliphatic rings. The lowest BCUT2D eigenvalue weighted by molar-refractivity contribution is 0.157. The minimum atomic E-state index is 0.0617. The van der Waals surface area contributed by atoms with Gasteiger partial charge in [-0.05, 0) is 19.8 Å². The number of rotatable bonds is 4. The molecule has 15 heavy (non-hydrogen) atoms. The van der Waals surface area contributed by atoms with Crippen molar-refractivity contribution in [2.75, 3.05) is 6.54 Å². The van der Waals surface area contributed by atoms with Crippen molar-refractivity contribution >= 4 is 0 Å². The quantitative estimate of drug-likeness (QED) is 0.819. The third-order valence-corrected chi connectivity index (χ3v) is 2.69. The summed E-state index contributed by atoms with van der Waals surface area (Å²) >= 11 is 0. The van der Waals surface area contributed by atoms with Crippen molar-refractivity contribution in [3.63, 3.8) is 0 Å². The molecule has 0 spiro atoms. The highest BCUT2D eigenvalue weighted by Crippen LogP contribution is 2.24. The van der Waals surface area contributed by atoms with Crippen LogP contribution in [0.25, 0.3) is 0 Å². The highest BCUT2D eigenvalue weighted by Gasteiger charge is 2.18. The van der Waals surface area contributed by atoms with Crippen molar-refractivity contribution in [2.45, 2.75) is 33.8 Å². The van der Waals surface area contributed by atoms with E-state index >= 15 is 0 Å². The summed E-state index contributed by atoms with van der Waals surface area (Å²) in [5, 5.41) is 4.31. The Labute approximate surface area is 91.4 Å². The molecule has 1 heterocycles. The Morgan fingerprint density at radius 2 is 2.00 bits per heavy atom. The van der Waals surface area contributed by atoms with Gasteiger partial charge in [-0.25, -0.2) is 0 Å². The molecule has 0 aliphatic carbocycles. The van der Waals surface area contributed by atoms with Gasteiger partial charge in [0.2, 0.25) is 0 Å². The van der Waals surface area contributed by atoms with Crippen LogP contribution in [0.15, 0.2) is 0 Å². The second-order valence-corrected chi connectivity index (χ2v) is 4.26. The summed E-state index contributed by atoms with van der Waals surface area (Å²) in [6.07, 6.45) is 0.0617. The Morgan fingerprint density at radius 3 is 2.33 bits per heavy atom. The molecule has 1 unspecified atom stereocenters. The van der Waals surface area contributed by atoms with E-state index in [2.05, 4.69) is 18.9 Å². The van der Waals surface area contributed by atoms with Gasteiger partial charge in [0.1, 0.15) is 11.8 Å². The van der Waals surface area contributed by atoms with Gasteiger partial charge in [-0.2, -0.15) is 5.10 Å². The second kappa shape index (κ2) is 4.66. The summed E-state index contributed by atoms with van der Waals surface area (Å²) in [6.45, 7) is 8.71. The van der Waals surface area contributed by atoms with Gasteiger partial charge in [-0.15, -0.1) is 0 Å². The molecule has 1 atom stereocenters. The maximum Gasteiger partial charge on any atom is 0.163 e. The van der Waals surface area contributed by atoms with Crippen molar-refractivity contribution in [1.29, 1.82) is 0 Å². The zero-order valence-corrected chi connectivity index (χ0v) is 10.2. The smallest absolute Gasteiger partial charge is 0.163 e. The van der Waals surface area contributed by atoms with Gasteiger partial charge in [0.25, 0.3) is 0 Å². The molecule has 4 nitrogen and oxygen atoms in total. The van der Waals surface area contributed by atoms with E-state index in [0.717, 1.165) is 17.1 Å². The number of aromatic nitrogens is 2. The van der Waals surface area contributed by atoms with Gasteiger partial charge in [-0.3, -0.25) is 4.68 Å². The van der Waals surface area contributed by atoms with E-state index in [1.54, 1.807) is 0 Å². The van der Waals surface area contributed by atoms with Gasteiger partial charge in [0, 0.05) is 13.6 Å². The van der Waals surface area contributed by atoms with Crippen LogP contribution in [-0.2, 0) is 7.05 Å². The van der Waals surface area contributed by atoms with Crippen molar-refractivity contribution < 1.29 is 4.74 Å². The Bertz CT molecular complexity index is 331. The van der Waals surface area contributed by atoms with Gasteiger partial charge in [0.15, 0.2) is 5.75 Å². The molecule has 1 aromatic rings. The SMILES string of the molecule is Cc1nn(C)c(C)c1OC(CN)C(C)C. The fourth-order valence-corrected chi connectivity index (χ4v) is 1.53. The molecule has 0 saturated heterocycles. The summed E-state index contributed by atoms with van der Waals surface area (Å²) in [4.78, 5) is 0.